The van der Waals surface area contributed by atoms with E-state index in [1.807, 2.05) is 0 Å². The fourth-order valence-corrected chi connectivity index (χ4v) is 2.51. The molecule has 2 aliphatic heterocycles. The fraction of sp³-hybridized carbons (Fsp3) is 0.750. The number of nitrogens with one attached hydrogen (secondary N) is 1. The molecule has 2 heterocycles. The van der Waals surface area contributed by atoms with Gasteiger partial charge in [-0.1, -0.05) is 0 Å². The summed E-state index contributed by atoms with van der Waals surface area (Å²) in [5.41, 5.74) is 2.78. The molecule has 1 atom stereocenters. The highest BCUT2D eigenvalue weighted by Crippen LogP contribution is 2.20. The van der Waals surface area contributed by atoms with Crippen molar-refractivity contribution in [3.63, 3.8) is 0 Å². The minimum atomic E-state index is -0.142. The van der Waals surface area contributed by atoms with Gasteiger partial charge in [0.1, 0.15) is 5.71 Å². The van der Waals surface area contributed by atoms with Crippen molar-refractivity contribution in [2.24, 2.45) is 5.10 Å². The second-order valence-corrected chi connectivity index (χ2v) is 4.75. The predicted molar refractivity (Wildman–Crippen MR) is 65.9 cm³/mol. The lowest BCUT2D eigenvalue weighted by Crippen LogP contribution is -2.48. The van der Waals surface area contributed by atoms with Gasteiger partial charge in [-0.3, -0.25) is 9.59 Å². The Bertz CT molecular complexity index is 366. The molecule has 0 aromatic rings. The van der Waals surface area contributed by atoms with Gasteiger partial charge in [0, 0.05) is 32.0 Å². The molecule has 1 fully saturated rings. The Kier molecular flexibility index (Phi) is 4.30. The highest BCUT2D eigenvalue weighted by Gasteiger charge is 2.30. The second kappa shape index (κ2) is 5.95. The Hall–Kier alpha value is -1.43. The Balaban J connectivity index is 2.04. The summed E-state index contributed by atoms with van der Waals surface area (Å²) in [6, 6.07) is 0.108. The topological polar surface area (TPSA) is 82.0 Å². The zero-order valence-electron chi connectivity index (χ0n) is 10.4. The second-order valence-electron chi connectivity index (χ2n) is 4.75. The van der Waals surface area contributed by atoms with Crippen LogP contribution < -0.4 is 5.43 Å². The average molecular weight is 253 g/mol. The van der Waals surface area contributed by atoms with Crippen LogP contribution in [0.15, 0.2) is 5.10 Å². The quantitative estimate of drug-likeness (QED) is 0.743. The summed E-state index contributed by atoms with van der Waals surface area (Å²) in [5, 5.41) is 12.9. The maximum Gasteiger partial charge on any atom is 0.270 e. The summed E-state index contributed by atoms with van der Waals surface area (Å²) < 4.78 is 0. The minimum Gasteiger partial charge on any atom is -0.396 e. The van der Waals surface area contributed by atoms with Crippen LogP contribution in [0, 0.1) is 0 Å². The van der Waals surface area contributed by atoms with Crippen molar-refractivity contribution in [1.29, 1.82) is 0 Å². The molecule has 0 aromatic carbocycles. The van der Waals surface area contributed by atoms with E-state index in [2.05, 4.69) is 10.5 Å². The van der Waals surface area contributed by atoms with Gasteiger partial charge in [-0.25, -0.2) is 5.43 Å². The maximum atomic E-state index is 12.3. The number of carbonyl (C=O) groups excluding carboxylic acids is 2. The molecule has 0 saturated carbocycles. The van der Waals surface area contributed by atoms with E-state index < -0.39 is 0 Å². The maximum absolute atomic E-state index is 12.3. The molecule has 0 aliphatic carbocycles. The summed E-state index contributed by atoms with van der Waals surface area (Å²) in [6.07, 6.45) is 4.37. The van der Waals surface area contributed by atoms with Gasteiger partial charge in [0.15, 0.2) is 0 Å². The molecule has 6 nitrogen and oxygen atoms in total. The lowest BCUT2D eigenvalue weighted by atomic mass is 9.98. The summed E-state index contributed by atoms with van der Waals surface area (Å²) in [7, 11) is 0. The van der Waals surface area contributed by atoms with E-state index in [0.717, 1.165) is 25.8 Å². The molecular weight excluding hydrogens is 234 g/mol. The molecule has 18 heavy (non-hydrogen) atoms. The van der Waals surface area contributed by atoms with Gasteiger partial charge in [0.05, 0.1) is 0 Å². The summed E-state index contributed by atoms with van der Waals surface area (Å²) in [5.74, 6) is -0.231. The molecule has 6 heteroatoms. The Labute approximate surface area is 106 Å². The van der Waals surface area contributed by atoms with Crippen LogP contribution in [0.3, 0.4) is 0 Å². The molecule has 0 aromatic heterocycles. The molecule has 2 amide bonds. The molecule has 0 bridgehead atoms. The van der Waals surface area contributed by atoms with Crippen molar-refractivity contribution in [3.8, 4) is 0 Å². The van der Waals surface area contributed by atoms with Crippen LogP contribution in [0.5, 0.6) is 0 Å². The van der Waals surface area contributed by atoms with Gasteiger partial charge < -0.3 is 10.0 Å². The minimum absolute atomic E-state index is 0.0897. The van der Waals surface area contributed by atoms with Gasteiger partial charge in [-0.15, -0.1) is 0 Å². The number of hydrogen-bond donors (Lipinski definition) is 2. The van der Waals surface area contributed by atoms with Crippen molar-refractivity contribution < 1.29 is 14.7 Å². The Morgan fingerprint density at radius 2 is 2.28 bits per heavy atom. The first kappa shape index (κ1) is 13.0. The van der Waals surface area contributed by atoms with Crippen LogP contribution in [0.2, 0.25) is 0 Å². The van der Waals surface area contributed by atoms with Crippen molar-refractivity contribution in [2.45, 2.75) is 44.6 Å². The van der Waals surface area contributed by atoms with Crippen LogP contribution in [0.1, 0.15) is 38.5 Å². The van der Waals surface area contributed by atoms with Gasteiger partial charge in [0.2, 0.25) is 5.91 Å². The summed E-state index contributed by atoms with van der Waals surface area (Å²) in [4.78, 5) is 25.1. The van der Waals surface area contributed by atoms with E-state index in [-0.39, 0.29) is 24.5 Å². The number of hydrogen-bond acceptors (Lipinski definition) is 4. The van der Waals surface area contributed by atoms with Gasteiger partial charge in [-0.2, -0.15) is 5.10 Å². The first-order valence-electron chi connectivity index (χ1n) is 6.49. The smallest absolute Gasteiger partial charge is 0.270 e. The SMILES string of the molecule is O=C1CCC(C(=O)N2CCCCC2CCO)=NN1. The molecule has 2 N–H and O–H groups in total. The molecule has 100 valence electrons. The van der Waals surface area contributed by atoms with E-state index in [9.17, 15) is 9.59 Å². The number of amides is 2. The molecule has 2 rings (SSSR count). The third kappa shape index (κ3) is 2.87. The third-order valence-electron chi connectivity index (χ3n) is 3.50. The monoisotopic (exact) mass is 253 g/mol. The molecule has 0 radical (unpaired) electrons. The van der Waals surface area contributed by atoms with Crippen molar-refractivity contribution >= 4 is 17.5 Å². The molecular formula is C12H19N3O3. The molecule has 0 spiro atoms. The van der Waals surface area contributed by atoms with E-state index in [1.165, 1.54) is 0 Å². The lowest BCUT2D eigenvalue weighted by Gasteiger charge is -2.36. The van der Waals surface area contributed by atoms with E-state index in [4.69, 9.17) is 5.11 Å². The van der Waals surface area contributed by atoms with Crippen LogP contribution in [-0.2, 0) is 9.59 Å². The van der Waals surface area contributed by atoms with Crippen LogP contribution in [-0.4, -0.2) is 46.7 Å². The third-order valence-corrected chi connectivity index (χ3v) is 3.50. The van der Waals surface area contributed by atoms with E-state index in [0.29, 0.717) is 25.0 Å². The number of hydrazone groups is 1. The van der Waals surface area contributed by atoms with E-state index in [1.54, 1.807) is 4.90 Å². The zero-order chi connectivity index (χ0) is 13.0. The van der Waals surface area contributed by atoms with Gasteiger partial charge in [-0.05, 0) is 25.7 Å². The van der Waals surface area contributed by atoms with Crippen LogP contribution in [0.25, 0.3) is 0 Å². The molecule has 1 saturated heterocycles. The zero-order valence-corrected chi connectivity index (χ0v) is 10.4. The van der Waals surface area contributed by atoms with Crippen molar-refractivity contribution in [2.75, 3.05) is 13.2 Å². The summed E-state index contributed by atoms with van der Waals surface area (Å²) in [6.45, 7) is 0.814. The number of aliphatic hydroxyl groups is 1. The number of aliphatic hydroxyl groups excluding tert-OH is 1. The first-order valence-corrected chi connectivity index (χ1v) is 6.49. The number of likely N-dealkylation sites (tertiary alicyclic amines) is 1. The highest BCUT2D eigenvalue weighted by atomic mass is 16.3. The van der Waals surface area contributed by atoms with Crippen molar-refractivity contribution in [3.05, 3.63) is 0 Å². The molecule has 2 aliphatic rings. The average Bonchev–Trinajstić information content (AvgIpc) is 2.40. The van der Waals surface area contributed by atoms with Crippen molar-refractivity contribution in [1.82, 2.24) is 10.3 Å². The molecule has 1 unspecified atom stereocenters. The fourth-order valence-electron chi connectivity index (χ4n) is 2.51. The summed E-state index contributed by atoms with van der Waals surface area (Å²) >= 11 is 0. The Morgan fingerprint density at radius 1 is 1.44 bits per heavy atom. The lowest BCUT2D eigenvalue weighted by molar-refractivity contribution is -0.128. The number of piperidine rings is 1. The number of nitrogens with zero attached hydrogens (tertiary/aromatic N) is 2. The van der Waals surface area contributed by atoms with Crippen LogP contribution in [0.4, 0.5) is 0 Å². The number of carbonyl (C=O) groups is 2. The first-order chi connectivity index (χ1) is 8.72. The predicted octanol–water partition coefficient (Wildman–Crippen LogP) is 0.0159. The number of rotatable bonds is 3. The van der Waals surface area contributed by atoms with Crippen LogP contribution >= 0.6 is 0 Å². The normalized spacial score (nSPS) is 24.5. The largest absolute Gasteiger partial charge is 0.396 e. The van der Waals surface area contributed by atoms with E-state index >= 15 is 0 Å². The highest BCUT2D eigenvalue weighted by molar-refractivity contribution is 6.39. The van der Waals surface area contributed by atoms with Gasteiger partial charge in [0.25, 0.3) is 5.91 Å². The Morgan fingerprint density at radius 3 is 2.94 bits per heavy atom. The van der Waals surface area contributed by atoms with Gasteiger partial charge >= 0.3 is 0 Å². The standard InChI is InChI=1S/C12H19N3O3/c16-8-6-9-3-1-2-7-15(9)12(18)10-4-5-11(17)14-13-10/h9,16H,1-8H2,(H,14,17).